The fraction of sp³-hybridized carbons (Fsp3) is 1.00. The van der Waals surface area contributed by atoms with Crippen molar-refractivity contribution in [2.75, 3.05) is 121 Å². The van der Waals surface area contributed by atoms with E-state index in [0.29, 0.717) is 0 Å². The van der Waals surface area contributed by atoms with Crippen molar-refractivity contribution in [2.45, 2.75) is 63.2 Å². The van der Waals surface area contributed by atoms with Crippen LogP contribution in [0.15, 0.2) is 0 Å². The van der Waals surface area contributed by atoms with Crippen molar-refractivity contribution in [1.82, 2.24) is 0 Å². The molecule has 0 nitrogen and oxygen atoms in total. The molecule has 0 heterocycles. The zero-order valence-corrected chi connectivity index (χ0v) is 38.8. The number of rotatable bonds is 39. The van der Waals surface area contributed by atoms with Gasteiger partial charge in [0.2, 0.25) is 0 Å². The first-order chi connectivity index (χ1) is 21.7. The largest absolute Gasteiger partial charge is 0.179 e. The van der Waals surface area contributed by atoms with E-state index in [4.69, 9.17) is 0 Å². The molecule has 0 radical (unpaired) electrons. The second kappa shape index (κ2) is 41.8. The van der Waals surface area contributed by atoms with Gasteiger partial charge in [0.15, 0.2) is 0 Å². The van der Waals surface area contributed by atoms with Gasteiger partial charge < -0.3 is 0 Å². The van der Waals surface area contributed by atoms with E-state index in [1.54, 1.807) is 24.2 Å². The van der Waals surface area contributed by atoms with E-state index in [1.807, 2.05) is 0 Å². The molecule has 0 aliphatic heterocycles. The highest BCUT2D eigenvalue weighted by molar-refractivity contribution is 8.05. The van der Waals surface area contributed by atoms with Crippen molar-refractivity contribution in [3.63, 3.8) is 0 Å². The molecular weight excluding hydrogens is 785 g/mol. The highest BCUT2D eigenvalue weighted by atomic mass is 32.2. The summed E-state index contributed by atoms with van der Waals surface area (Å²) in [5, 5.41) is 0. The van der Waals surface area contributed by atoms with E-state index in [9.17, 15) is 0 Å². The summed E-state index contributed by atoms with van der Waals surface area (Å²) >= 11 is 32.3. The topological polar surface area (TPSA) is 0 Å². The Kier molecular flexibility index (Phi) is 46.0. The van der Waals surface area contributed by atoms with Gasteiger partial charge in [0.1, 0.15) is 0 Å². The molecule has 0 atom stereocenters. The van der Waals surface area contributed by atoms with E-state index in [0.717, 1.165) is 17.3 Å². The maximum atomic E-state index is 4.31. The zero-order valence-electron chi connectivity index (χ0n) is 27.7. The number of thioether (sulfide) groups is 9. The van der Waals surface area contributed by atoms with Gasteiger partial charge in [0, 0.05) is 86.3 Å². The Labute approximate surface area is 332 Å². The minimum absolute atomic E-state index is 1.01. The summed E-state index contributed by atoms with van der Waals surface area (Å²) in [7, 11) is -1.18. The van der Waals surface area contributed by atoms with Crippen molar-refractivity contribution in [1.29, 1.82) is 0 Å². The Morgan fingerprint density at radius 3 is 0.795 bits per heavy atom. The molecule has 0 aromatic heterocycles. The van der Waals surface area contributed by atoms with E-state index in [-0.39, 0.29) is 0 Å². The molecule has 0 saturated carbocycles. The predicted molar refractivity (Wildman–Crippen MR) is 251 cm³/mol. The molecule has 0 bridgehead atoms. The van der Waals surface area contributed by atoms with Crippen LogP contribution in [-0.2, 0) is 0 Å². The van der Waals surface area contributed by atoms with Gasteiger partial charge >= 0.3 is 0 Å². The van der Waals surface area contributed by atoms with E-state index in [1.165, 1.54) is 136 Å². The minimum Gasteiger partial charge on any atom is -0.179 e. The normalized spacial score (nSPS) is 12.0. The van der Waals surface area contributed by atoms with Gasteiger partial charge in [-0.2, -0.15) is 144 Å². The monoisotopic (exact) mass is 850 g/mol. The Morgan fingerprint density at radius 2 is 0.545 bits per heavy atom. The fourth-order valence-corrected chi connectivity index (χ4v) is 21.0. The lowest BCUT2D eigenvalue weighted by atomic mass is 10.4. The third kappa shape index (κ3) is 36.2. The van der Waals surface area contributed by atoms with Gasteiger partial charge in [-0.15, -0.1) is 0 Å². The molecule has 0 fully saturated rings. The maximum absolute atomic E-state index is 4.31. The Morgan fingerprint density at radius 1 is 0.318 bits per heavy atom. The van der Waals surface area contributed by atoms with Crippen LogP contribution in [0, 0.1) is 0 Å². The van der Waals surface area contributed by atoms with Crippen LogP contribution in [0.4, 0.5) is 0 Å². The summed E-state index contributed by atoms with van der Waals surface area (Å²) in [4.78, 5) is 0. The number of thiol groups is 3. The summed E-state index contributed by atoms with van der Waals surface area (Å²) < 4.78 is 0. The van der Waals surface area contributed by atoms with Crippen LogP contribution in [-0.4, -0.2) is 129 Å². The molecule has 266 valence electrons. The second-order valence-corrected chi connectivity index (χ2v) is 28.0. The third-order valence-corrected chi connectivity index (χ3v) is 24.9. The van der Waals surface area contributed by atoms with Crippen LogP contribution in [0.3, 0.4) is 0 Å². The zero-order chi connectivity index (χ0) is 32.1. The van der Waals surface area contributed by atoms with Crippen molar-refractivity contribution >= 4 is 152 Å². The molecule has 0 N–H and O–H groups in total. The van der Waals surface area contributed by atoms with Crippen LogP contribution in [0.25, 0.3) is 0 Å². The van der Waals surface area contributed by atoms with Crippen LogP contribution in [0.2, 0.25) is 24.2 Å². The van der Waals surface area contributed by atoms with Crippen molar-refractivity contribution in [2.24, 2.45) is 0 Å². The van der Waals surface area contributed by atoms with E-state index in [2.05, 4.69) is 151 Å². The van der Waals surface area contributed by atoms with Gasteiger partial charge in [-0.3, -0.25) is 0 Å². The van der Waals surface area contributed by atoms with E-state index >= 15 is 0 Å². The average molecular weight is 852 g/mol. The molecule has 0 aromatic carbocycles. The second-order valence-electron chi connectivity index (χ2n) is 10.6. The van der Waals surface area contributed by atoms with Gasteiger partial charge in [0.25, 0.3) is 0 Å². The summed E-state index contributed by atoms with van der Waals surface area (Å²) in [6.45, 7) is 2.42. The smallest absolute Gasteiger partial charge is 0.0536 e. The number of hydrogen-bond donors (Lipinski definition) is 3. The van der Waals surface area contributed by atoms with Crippen LogP contribution < -0.4 is 0 Å². The summed E-state index contributed by atoms with van der Waals surface area (Å²) in [5.41, 5.74) is 0. The molecule has 0 rings (SSSR count). The Balaban J connectivity index is 4.46. The molecule has 0 aliphatic carbocycles. The Bertz CT molecular complexity index is 471. The Hall–Kier alpha value is 4.42. The van der Waals surface area contributed by atoms with E-state index < -0.39 is 8.07 Å². The molecule has 0 aliphatic rings. The lowest BCUT2D eigenvalue weighted by Gasteiger charge is -2.33. The van der Waals surface area contributed by atoms with Crippen molar-refractivity contribution < 1.29 is 0 Å². The highest BCUT2D eigenvalue weighted by Crippen LogP contribution is 2.34. The maximum Gasteiger partial charge on any atom is 0.0536 e. The predicted octanol–water partition coefficient (Wildman–Crippen LogP) is 11.8. The lowest BCUT2D eigenvalue weighted by molar-refractivity contribution is 0.825. The first kappa shape index (κ1) is 48.4. The molecular formula is C31H66S12Si. The van der Waals surface area contributed by atoms with Crippen molar-refractivity contribution in [3.8, 4) is 0 Å². The molecule has 0 amide bonds. The minimum atomic E-state index is -1.18. The molecule has 44 heavy (non-hydrogen) atoms. The highest BCUT2D eigenvalue weighted by Gasteiger charge is 2.30. The molecule has 0 aromatic rings. The SMILES string of the molecule is CCCC[Si](CCCSCCSCCSCCS)(CCCSCCSCCSCCS)CCCSCCSCCSCCS. The van der Waals surface area contributed by atoms with Crippen molar-refractivity contribution in [3.05, 3.63) is 0 Å². The summed E-state index contributed by atoms with van der Waals surface area (Å²) in [6.07, 6.45) is 7.29. The van der Waals surface area contributed by atoms with Gasteiger partial charge in [0.05, 0.1) is 8.07 Å². The number of unbranched alkanes of at least 4 members (excludes halogenated alkanes) is 1. The number of hydrogen-bond acceptors (Lipinski definition) is 12. The van der Waals surface area contributed by atoms with Gasteiger partial charge in [-0.25, -0.2) is 0 Å². The van der Waals surface area contributed by atoms with Crippen LogP contribution in [0.1, 0.15) is 39.0 Å². The molecule has 0 spiro atoms. The van der Waals surface area contributed by atoms with Gasteiger partial charge in [-0.1, -0.05) is 43.9 Å². The molecule has 0 saturated heterocycles. The lowest BCUT2D eigenvalue weighted by Crippen LogP contribution is -2.34. The summed E-state index contributed by atoms with van der Waals surface area (Å²) in [5.74, 6) is 26.7. The standard InChI is InChI=1S/C31H66S12Si/c1-2-3-28-44(29-4-10-35-16-22-41-25-19-38-13-7-32,30-5-11-36-17-23-42-26-20-39-14-8-33)31-6-12-37-18-24-43-27-21-40-15-9-34/h32-34H,2-31H2,1H3. The quantitative estimate of drug-likeness (QED) is 0.0312. The molecule has 13 heteroatoms. The van der Waals surface area contributed by atoms with Crippen LogP contribution >= 0.6 is 144 Å². The summed E-state index contributed by atoms with van der Waals surface area (Å²) in [6, 6.07) is 6.40. The van der Waals surface area contributed by atoms with Crippen LogP contribution in [0.5, 0.6) is 0 Å². The van der Waals surface area contributed by atoms with Gasteiger partial charge in [-0.05, 0) is 53.8 Å². The first-order valence-electron chi connectivity index (χ1n) is 16.8. The average Bonchev–Trinajstić information content (AvgIpc) is 3.04. The molecule has 0 unspecified atom stereocenters. The fourth-order valence-electron chi connectivity index (χ4n) is 4.77. The third-order valence-electron chi connectivity index (χ3n) is 6.99. The first-order valence-corrected chi connectivity index (χ1v) is 31.9.